The molecule has 1 atom stereocenters. The summed E-state index contributed by atoms with van der Waals surface area (Å²) in [5.41, 5.74) is 8.62. The van der Waals surface area contributed by atoms with Crippen molar-refractivity contribution >= 4 is 0 Å². The molecule has 0 nitrogen and oxygen atoms in total. The molecule has 0 fully saturated rings. The lowest BCUT2D eigenvalue weighted by Crippen LogP contribution is -2.28. The molecule has 0 spiro atoms. The van der Waals surface area contributed by atoms with Crippen molar-refractivity contribution in [2.45, 2.75) is 26.2 Å². The van der Waals surface area contributed by atoms with Gasteiger partial charge in [-0.25, -0.2) is 0 Å². The lowest BCUT2D eigenvalue weighted by molar-refractivity contribution is 0.747. The minimum atomic E-state index is -0.321. The van der Waals surface area contributed by atoms with E-state index in [4.69, 9.17) is 0 Å². The molecule has 0 amide bonds. The highest BCUT2D eigenvalue weighted by Gasteiger charge is 2.45. The van der Waals surface area contributed by atoms with Crippen LogP contribution in [0.5, 0.6) is 0 Å². The third kappa shape index (κ3) is 2.06. The third-order valence-electron chi connectivity index (χ3n) is 5.09. The smallest absolute Gasteiger partial charge is 0.0668 e. The van der Waals surface area contributed by atoms with Crippen LogP contribution in [-0.4, -0.2) is 0 Å². The summed E-state index contributed by atoms with van der Waals surface area (Å²) in [6.45, 7) is 14.8. The number of hydrogen-bond donors (Lipinski definition) is 0. The van der Waals surface area contributed by atoms with E-state index in [0.29, 0.717) is 0 Å². The van der Waals surface area contributed by atoms with Gasteiger partial charge in [0.15, 0.2) is 0 Å². The standard InChI is InChI=1S/C24H24/c1-6-11-18(4)24(19(5)12-7-2)21-15-9-8-14-20(21)23-17(3)13-10-16-22(23)24/h6-16H,1,5H2,2-4H3. The van der Waals surface area contributed by atoms with Crippen LogP contribution in [0, 0.1) is 6.92 Å². The molecule has 0 heterocycles. The Balaban J connectivity index is 2.51. The van der Waals surface area contributed by atoms with Crippen molar-refractivity contribution < 1.29 is 0 Å². The van der Waals surface area contributed by atoms with Crippen LogP contribution >= 0.6 is 0 Å². The van der Waals surface area contributed by atoms with E-state index in [9.17, 15) is 0 Å². The molecule has 0 aliphatic heterocycles. The van der Waals surface area contributed by atoms with Gasteiger partial charge in [0.05, 0.1) is 5.41 Å². The summed E-state index contributed by atoms with van der Waals surface area (Å²) >= 11 is 0. The molecular formula is C24H24. The lowest BCUT2D eigenvalue weighted by Gasteiger charge is -2.34. The molecule has 120 valence electrons. The SMILES string of the molecule is C=CC=C(C)C1(C(=C)C=CC)c2ccccc2-c2c(C)cccc21. The fraction of sp³-hybridized carbons (Fsp3) is 0.167. The van der Waals surface area contributed by atoms with Crippen molar-refractivity contribution in [2.75, 3.05) is 0 Å². The molecule has 3 rings (SSSR count). The fourth-order valence-corrected chi connectivity index (χ4v) is 4.16. The Kier molecular flexibility index (Phi) is 4.15. The summed E-state index contributed by atoms with van der Waals surface area (Å²) < 4.78 is 0. The second kappa shape index (κ2) is 6.13. The summed E-state index contributed by atoms with van der Waals surface area (Å²) in [7, 11) is 0. The molecule has 0 saturated carbocycles. The Labute approximate surface area is 145 Å². The topological polar surface area (TPSA) is 0 Å². The highest BCUT2D eigenvalue weighted by atomic mass is 14.5. The van der Waals surface area contributed by atoms with Gasteiger partial charge in [0.2, 0.25) is 0 Å². The molecular weight excluding hydrogens is 288 g/mol. The zero-order chi connectivity index (χ0) is 17.3. The van der Waals surface area contributed by atoms with Gasteiger partial charge in [0, 0.05) is 0 Å². The number of hydrogen-bond acceptors (Lipinski definition) is 0. The Hall–Kier alpha value is -2.60. The van der Waals surface area contributed by atoms with Gasteiger partial charge in [-0.2, -0.15) is 0 Å². The van der Waals surface area contributed by atoms with Crippen LogP contribution in [0.1, 0.15) is 30.5 Å². The second-order valence-electron chi connectivity index (χ2n) is 6.40. The summed E-state index contributed by atoms with van der Waals surface area (Å²) in [6.07, 6.45) is 8.19. The monoisotopic (exact) mass is 312 g/mol. The van der Waals surface area contributed by atoms with Crippen molar-refractivity contribution in [3.63, 3.8) is 0 Å². The molecule has 24 heavy (non-hydrogen) atoms. The largest absolute Gasteiger partial charge is 0.0991 e. The zero-order valence-corrected chi connectivity index (χ0v) is 14.8. The highest BCUT2D eigenvalue weighted by Crippen LogP contribution is 2.57. The van der Waals surface area contributed by atoms with Gasteiger partial charge in [-0.1, -0.05) is 85.5 Å². The van der Waals surface area contributed by atoms with Gasteiger partial charge in [0.1, 0.15) is 0 Å². The maximum Gasteiger partial charge on any atom is 0.0668 e. The first-order valence-corrected chi connectivity index (χ1v) is 8.40. The average Bonchev–Trinajstić information content (AvgIpc) is 2.88. The Morgan fingerprint density at radius 1 is 1.04 bits per heavy atom. The Bertz CT molecular complexity index is 877. The number of benzene rings is 2. The van der Waals surface area contributed by atoms with Crippen LogP contribution in [0.2, 0.25) is 0 Å². The number of aryl methyl sites for hydroxylation is 1. The van der Waals surface area contributed by atoms with E-state index in [-0.39, 0.29) is 5.41 Å². The molecule has 2 aromatic carbocycles. The van der Waals surface area contributed by atoms with Crippen LogP contribution < -0.4 is 0 Å². The summed E-state index contributed by atoms with van der Waals surface area (Å²) in [4.78, 5) is 0. The van der Waals surface area contributed by atoms with Crippen molar-refractivity contribution in [1.29, 1.82) is 0 Å². The van der Waals surface area contributed by atoms with Crippen LogP contribution in [0.3, 0.4) is 0 Å². The van der Waals surface area contributed by atoms with Gasteiger partial charge >= 0.3 is 0 Å². The number of rotatable bonds is 4. The predicted octanol–water partition coefficient (Wildman–Crippen LogP) is 6.53. The minimum absolute atomic E-state index is 0.321. The first kappa shape index (κ1) is 16.3. The van der Waals surface area contributed by atoms with E-state index in [1.165, 1.54) is 33.4 Å². The van der Waals surface area contributed by atoms with E-state index in [1.807, 2.05) is 13.0 Å². The average molecular weight is 312 g/mol. The van der Waals surface area contributed by atoms with Crippen molar-refractivity contribution in [1.82, 2.24) is 0 Å². The minimum Gasteiger partial charge on any atom is -0.0991 e. The molecule has 1 unspecified atom stereocenters. The molecule has 0 heteroatoms. The van der Waals surface area contributed by atoms with Crippen LogP contribution in [0.25, 0.3) is 11.1 Å². The molecule has 0 aromatic heterocycles. The first-order valence-electron chi connectivity index (χ1n) is 8.40. The summed E-state index contributed by atoms with van der Waals surface area (Å²) in [6, 6.07) is 15.3. The maximum absolute atomic E-state index is 4.47. The molecule has 0 N–H and O–H groups in total. The molecule has 2 aromatic rings. The predicted molar refractivity (Wildman–Crippen MR) is 105 cm³/mol. The van der Waals surface area contributed by atoms with E-state index in [1.54, 1.807) is 0 Å². The summed E-state index contributed by atoms with van der Waals surface area (Å²) in [5.74, 6) is 0. The number of allylic oxidation sites excluding steroid dienone is 6. The second-order valence-corrected chi connectivity index (χ2v) is 6.40. The Morgan fingerprint density at radius 3 is 2.46 bits per heavy atom. The molecule has 1 aliphatic rings. The van der Waals surface area contributed by atoms with E-state index in [2.05, 4.69) is 87.7 Å². The van der Waals surface area contributed by atoms with Crippen LogP contribution in [0.4, 0.5) is 0 Å². The van der Waals surface area contributed by atoms with Crippen molar-refractivity contribution in [3.8, 4) is 11.1 Å². The van der Waals surface area contributed by atoms with Gasteiger partial charge in [0.25, 0.3) is 0 Å². The van der Waals surface area contributed by atoms with Crippen molar-refractivity contribution in [2.24, 2.45) is 0 Å². The van der Waals surface area contributed by atoms with Gasteiger partial charge in [-0.15, -0.1) is 0 Å². The van der Waals surface area contributed by atoms with Crippen LogP contribution in [-0.2, 0) is 5.41 Å². The van der Waals surface area contributed by atoms with Crippen LogP contribution in [0.15, 0.2) is 91.1 Å². The summed E-state index contributed by atoms with van der Waals surface area (Å²) in [5, 5.41) is 0. The Morgan fingerprint density at radius 2 is 1.75 bits per heavy atom. The van der Waals surface area contributed by atoms with Gasteiger partial charge in [-0.05, 0) is 54.2 Å². The number of fused-ring (bicyclic) bond motifs is 3. The zero-order valence-electron chi connectivity index (χ0n) is 14.8. The van der Waals surface area contributed by atoms with E-state index < -0.39 is 0 Å². The quantitative estimate of drug-likeness (QED) is 0.563. The highest BCUT2D eigenvalue weighted by molar-refractivity contribution is 5.87. The van der Waals surface area contributed by atoms with Gasteiger partial charge < -0.3 is 0 Å². The van der Waals surface area contributed by atoms with Crippen molar-refractivity contribution in [3.05, 3.63) is 108 Å². The van der Waals surface area contributed by atoms with Gasteiger partial charge in [-0.3, -0.25) is 0 Å². The first-order chi connectivity index (χ1) is 11.6. The lowest BCUT2D eigenvalue weighted by atomic mass is 9.67. The normalized spacial score (nSPS) is 19.2. The van der Waals surface area contributed by atoms with E-state index >= 15 is 0 Å². The molecule has 0 radical (unpaired) electrons. The fourth-order valence-electron chi connectivity index (χ4n) is 4.16. The molecule has 0 saturated heterocycles. The third-order valence-corrected chi connectivity index (χ3v) is 5.09. The molecule has 0 bridgehead atoms. The molecule has 1 aliphatic carbocycles. The maximum atomic E-state index is 4.47. The van der Waals surface area contributed by atoms with E-state index in [0.717, 1.165) is 5.57 Å².